The van der Waals surface area contributed by atoms with Crippen LogP contribution in [-0.2, 0) is 11.0 Å². The number of carbonyl (C=O) groups is 1. The first-order chi connectivity index (χ1) is 8.62. The molecule has 0 aromatic heterocycles. The van der Waals surface area contributed by atoms with Crippen LogP contribution in [0.2, 0.25) is 0 Å². The molecule has 1 rings (SSSR count). The number of alkyl halides is 3. The summed E-state index contributed by atoms with van der Waals surface area (Å²) in [6.07, 6.45) is -4.47. The van der Waals surface area contributed by atoms with Crippen LogP contribution < -0.4 is 5.32 Å². The Morgan fingerprint density at radius 3 is 2.47 bits per heavy atom. The maximum atomic E-state index is 12.7. The van der Waals surface area contributed by atoms with Crippen LogP contribution in [0.15, 0.2) is 34.8 Å². The maximum Gasteiger partial charge on any atom is 0.417 e. The van der Waals surface area contributed by atoms with Crippen molar-refractivity contribution in [1.29, 1.82) is 0 Å². The molecular weight excluding hydrogens is 323 g/mol. The van der Waals surface area contributed by atoms with Gasteiger partial charge in [-0.1, -0.05) is 28.1 Å². The zero-order valence-corrected chi connectivity index (χ0v) is 12.0. The molecule has 0 saturated heterocycles. The van der Waals surface area contributed by atoms with Crippen LogP contribution in [0.25, 0.3) is 0 Å². The molecule has 19 heavy (non-hydrogen) atoms. The molecule has 1 N–H and O–H groups in total. The monoisotopic (exact) mass is 335 g/mol. The van der Waals surface area contributed by atoms with Gasteiger partial charge in [-0.25, -0.2) is 0 Å². The highest BCUT2D eigenvalue weighted by Crippen LogP contribution is 2.36. The summed E-state index contributed by atoms with van der Waals surface area (Å²) in [5.41, 5.74) is -0.0763. The number of halogens is 4. The molecule has 0 fully saturated rings. The Balaban J connectivity index is 2.98. The van der Waals surface area contributed by atoms with Crippen molar-refractivity contribution in [2.24, 2.45) is 5.92 Å². The second-order valence-electron chi connectivity index (χ2n) is 4.25. The fourth-order valence-corrected chi connectivity index (χ4v) is 1.77. The maximum absolute atomic E-state index is 12.7. The Labute approximate surface area is 117 Å². The molecule has 0 aliphatic rings. The van der Waals surface area contributed by atoms with Gasteiger partial charge in [0.25, 0.3) is 0 Å². The number of rotatable bonds is 3. The minimum absolute atomic E-state index is 0.0639. The van der Waals surface area contributed by atoms with Gasteiger partial charge in [0.05, 0.1) is 11.5 Å². The van der Waals surface area contributed by atoms with Crippen molar-refractivity contribution >= 4 is 27.5 Å². The number of carbonyl (C=O) groups excluding carboxylic acids is 1. The Hall–Kier alpha value is -1.30. The standard InChI is InChI=1S/C13H13BrF3NO/c1-7(2)8(3)12(19)18-9-4-5-11(14)10(6-9)13(15,16)17/h4-6,8H,1H2,2-3H3,(H,18,19). The number of anilines is 1. The van der Waals surface area contributed by atoms with E-state index in [1.54, 1.807) is 13.8 Å². The largest absolute Gasteiger partial charge is 0.417 e. The number of nitrogens with one attached hydrogen (secondary N) is 1. The molecule has 0 aliphatic carbocycles. The fraction of sp³-hybridized carbons (Fsp3) is 0.308. The third-order valence-electron chi connectivity index (χ3n) is 2.67. The van der Waals surface area contributed by atoms with Crippen LogP contribution in [0.1, 0.15) is 19.4 Å². The van der Waals surface area contributed by atoms with E-state index in [9.17, 15) is 18.0 Å². The SMILES string of the molecule is C=C(C)C(C)C(=O)Nc1ccc(Br)c(C(F)(F)F)c1. The summed E-state index contributed by atoms with van der Waals surface area (Å²) >= 11 is 2.84. The zero-order valence-electron chi connectivity index (χ0n) is 10.4. The van der Waals surface area contributed by atoms with Crippen LogP contribution in [0.4, 0.5) is 18.9 Å². The molecule has 104 valence electrons. The normalized spacial score (nSPS) is 12.9. The lowest BCUT2D eigenvalue weighted by Gasteiger charge is -2.14. The summed E-state index contributed by atoms with van der Waals surface area (Å²) in [5, 5.41) is 2.44. The molecule has 1 amide bonds. The van der Waals surface area contributed by atoms with E-state index in [1.165, 1.54) is 12.1 Å². The van der Waals surface area contributed by atoms with Crippen LogP contribution in [0.3, 0.4) is 0 Å². The van der Waals surface area contributed by atoms with Gasteiger partial charge >= 0.3 is 6.18 Å². The van der Waals surface area contributed by atoms with E-state index in [1.807, 2.05) is 0 Å². The van der Waals surface area contributed by atoms with E-state index in [0.717, 1.165) is 6.07 Å². The highest BCUT2D eigenvalue weighted by molar-refractivity contribution is 9.10. The highest BCUT2D eigenvalue weighted by Gasteiger charge is 2.33. The molecule has 0 bridgehead atoms. The van der Waals surface area contributed by atoms with Gasteiger partial charge in [-0.15, -0.1) is 0 Å². The lowest BCUT2D eigenvalue weighted by Crippen LogP contribution is -2.21. The summed E-state index contributed by atoms with van der Waals surface area (Å²) in [7, 11) is 0. The second kappa shape index (κ2) is 5.77. The molecule has 1 aromatic carbocycles. The molecule has 1 atom stereocenters. The Bertz CT molecular complexity index is 511. The molecule has 1 unspecified atom stereocenters. The van der Waals surface area contributed by atoms with E-state index in [0.29, 0.717) is 5.57 Å². The first kappa shape index (κ1) is 15.8. The molecular formula is C13H13BrF3NO. The smallest absolute Gasteiger partial charge is 0.326 e. The average Bonchev–Trinajstić information content (AvgIpc) is 2.28. The lowest BCUT2D eigenvalue weighted by atomic mass is 10.0. The van der Waals surface area contributed by atoms with Gasteiger partial charge in [-0.3, -0.25) is 4.79 Å². The average molecular weight is 336 g/mol. The van der Waals surface area contributed by atoms with Gasteiger partial charge in [0, 0.05) is 10.2 Å². The summed E-state index contributed by atoms with van der Waals surface area (Å²) in [6.45, 7) is 6.97. The lowest BCUT2D eigenvalue weighted by molar-refractivity contribution is -0.138. The van der Waals surface area contributed by atoms with Gasteiger partial charge in [0.15, 0.2) is 0 Å². The van der Waals surface area contributed by atoms with E-state index in [4.69, 9.17) is 0 Å². The van der Waals surface area contributed by atoms with Crippen LogP contribution in [0.5, 0.6) is 0 Å². The fourth-order valence-electron chi connectivity index (χ4n) is 1.29. The van der Waals surface area contributed by atoms with Crippen LogP contribution in [0, 0.1) is 5.92 Å². The first-order valence-corrected chi connectivity index (χ1v) is 6.25. The summed E-state index contributed by atoms with van der Waals surface area (Å²) in [4.78, 5) is 11.7. The van der Waals surface area contributed by atoms with Crippen molar-refractivity contribution in [3.05, 3.63) is 40.4 Å². The number of hydrogen-bond donors (Lipinski definition) is 1. The van der Waals surface area contributed by atoms with E-state index in [-0.39, 0.29) is 16.1 Å². The molecule has 1 aromatic rings. The quantitative estimate of drug-likeness (QED) is 0.802. The van der Waals surface area contributed by atoms with Gasteiger partial charge in [-0.2, -0.15) is 13.2 Å². The Kier molecular flexibility index (Phi) is 4.79. The minimum atomic E-state index is -4.47. The topological polar surface area (TPSA) is 29.1 Å². The van der Waals surface area contributed by atoms with Gasteiger partial charge < -0.3 is 5.32 Å². The van der Waals surface area contributed by atoms with Crippen molar-refractivity contribution in [2.75, 3.05) is 5.32 Å². The van der Waals surface area contributed by atoms with E-state index in [2.05, 4.69) is 27.8 Å². The van der Waals surface area contributed by atoms with Crippen LogP contribution in [-0.4, -0.2) is 5.91 Å². The summed E-state index contributed by atoms with van der Waals surface area (Å²) in [6, 6.07) is 3.55. The van der Waals surface area contributed by atoms with E-state index >= 15 is 0 Å². The molecule has 0 saturated carbocycles. The Morgan fingerprint density at radius 2 is 2.00 bits per heavy atom. The predicted octanol–water partition coefficient (Wildman–Crippen LogP) is 4.62. The van der Waals surface area contributed by atoms with Crippen LogP contribution >= 0.6 is 15.9 Å². The van der Waals surface area contributed by atoms with Crippen molar-refractivity contribution in [3.63, 3.8) is 0 Å². The zero-order chi connectivity index (χ0) is 14.8. The van der Waals surface area contributed by atoms with Gasteiger partial charge in [0.2, 0.25) is 5.91 Å². The molecule has 6 heteroatoms. The van der Waals surface area contributed by atoms with Crippen molar-refractivity contribution < 1.29 is 18.0 Å². The molecule has 0 heterocycles. The Morgan fingerprint density at radius 1 is 1.42 bits per heavy atom. The molecule has 2 nitrogen and oxygen atoms in total. The number of amides is 1. The molecule has 0 spiro atoms. The van der Waals surface area contributed by atoms with Gasteiger partial charge in [0.1, 0.15) is 0 Å². The number of hydrogen-bond acceptors (Lipinski definition) is 1. The first-order valence-electron chi connectivity index (χ1n) is 5.46. The summed E-state index contributed by atoms with van der Waals surface area (Å²) < 4.78 is 38.0. The van der Waals surface area contributed by atoms with Crippen molar-refractivity contribution in [3.8, 4) is 0 Å². The van der Waals surface area contributed by atoms with Gasteiger partial charge in [-0.05, 0) is 32.0 Å². The van der Waals surface area contributed by atoms with Crippen molar-refractivity contribution in [2.45, 2.75) is 20.0 Å². The second-order valence-corrected chi connectivity index (χ2v) is 5.10. The number of benzene rings is 1. The molecule has 0 aliphatic heterocycles. The van der Waals surface area contributed by atoms with E-state index < -0.39 is 17.7 Å². The minimum Gasteiger partial charge on any atom is -0.326 e. The molecule has 0 radical (unpaired) electrons. The third-order valence-corrected chi connectivity index (χ3v) is 3.36. The summed E-state index contributed by atoms with van der Waals surface area (Å²) in [5.74, 6) is -0.846. The third kappa shape index (κ3) is 4.09. The highest BCUT2D eigenvalue weighted by atomic mass is 79.9. The predicted molar refractivity (Wildman–Crippen MR) is 71.8 cm³/mol. The van der Waals surface area contributed by atoms with Crippen molar-refractivity contribution in [1.82, 2.24) is 0 Å².